The summed E-state index contributed by atoms with van der Waals surface area (Å²) in [5, 5.41) is 2.69. The number of carbonyl (C=O) groups excluding carboxylic acids is 1. The summed E-state index contributed by atoms with van der Waals surface area (Å²) in [5.74, 6) is 0.629. The molecule has 0 aliphatic heterocycles. The number of amides is 1. The third kappa shape index (κ3) is 6.02. The summed E-state index contributed by atoms with van der Waals surface area (Å²) >= 11 is 0. The van der Waals surface area contributed by atoms with E-state index in [-0.39, 0.29) is 18.3 Å². The van der Waals surface area contributed by atoms with Crippen LogP contribution in [0, 0.1) is 0 Å². The van der Waals surface area contributed by atoms with Gasteiger partial charge in [-0.3, -0.25) is 4.79 Å². The molecule has 0 unspecified atom stereocenters. The molecule has 0 aromatic heterocycles. The molecule has 7 heteroatoms. The lowest BCUT2D eigenvalue weighted by atomic mass is 10.1. The van der Waals surface area contributed by atoms with Crippen LogP contribution in [0.25, 0.3) is 0 Å². The van der Waals surface area contributed by atoms with Crippen molar-refractivity contribution in [3.8, 4) is 11.5 Å². The van der Waals surface area contributed by atoms with Gasteiger partial charge in [-0.1, -0.05) is 12.1 Å². The summed E-state index contributed by atoms with van der Waals surface area (Å²) < 4.78 is 47.6. The fourth-order valence-corrected chi connectivity index (χ4v) is 2.08. The summed E-state index contributed by atoms with van der Waals surface area (Å²) in [5.41, 5.74) is 0.286. The van der Waals surface area contributed by atoms with E-state index in [1.165, 1.54) is 12.1 Å². The predicted molar refractivity (Wildman–Crippen MR) is 86.6 cm³/mol. The number of hydrogen-bond acceptors (Lipinski definition) is 3. The van der Waals surface area contributed by atoms with E-state index >= 15 is 0 Å². The van der Waals surface area contributed by atoms with E-state index in [0.717, 1.165) is 23.4 Å². The molecular formula is C18H18F3NO3. The molecule has 1 N–H and O–H groups in total. The van der Waals surface area contributed by atoms with Gasteiger partial charge in [-0.05, 0) is 48.4 Å². The van der Waals surface area contributed by atoms with Crippen LogP contribution >= 0.6 is 0 Å². The van der Waals surface area contributed by atoms with E-state index < -0.39 is 11.7 Å². The molecular weight excluding hydrogens is 335 g/mol. The average molecular weight is 353 g/mol. The fraction of sp³-hybridized carbons (Fsp3) is 0.278. The third-order valence-corrected chi connectivity index (χ3v) is 3.45. The highest BCUT2D eigenvalue weighted by atomic mass is 19.4. The van der Waals surface area contributed by atoms with Gasteiger partial charge in [0.15, 0.2) is 6.61 Å². The Balaban J connectivity index is 1.71. The molecule has 2 aromatic rings. The van der Waals surface area contributed by atoms with Crippen LogP contribution in [0.3, 0.4) is 0 Å². The molecule has 0 aliphatic carbocycles. The first-order chi connectivity index (χ1) is 11.9. The zero-order valence-corrected chi connectivity index (χ0v) is 13.6. The number of halogens is 3. The van der Waals surface area contributed by atoms with E-state index in [2.05, 4.69) is 5.32 Å². The predicted octanol–water partition coefficient (Wildman–Crippen LogP) is 3.45. The van der Waals surface area contributed by atoms with Crippen molar-refractivity contribution in [2.24, 2.45) is 0 Å². The first kappa shape index (κ1) is 18.6. The van der Waals surface area contributed by atoms with Crippen LogP contribution in [0.4, 0.5) is 13.2 Å². The van der Waals surface area contributed by atoms with Gasteiger partial charge in [0.1, 0.15) is 11.5 Å². The second-order valence-corrected chi connectivity index (χ2v) is 5.26. The lowest BCUT2D eigenvalue weighted by molar-refractivity contribution is -0.137. The third-order valence-electron chi connectivity index (χ3n) is 3.45. The minimum Gasteiger partial charge on any atom is -0.497 e. The second-order valence-electron chi connectivity index (χ2n) is 5.26. The van der Waals surface area contributed by atoms with E-state index in [9.17, 15) is 18.0 Å². The number of alkyl halides is 3. The van der Waals surface area contributed by atoms with Crippen LogP contribution in [0.2, 0.25) is 0 Å². The van der Waals surface area contributed by atoms with Crippen molar-refractivity contribution in [1.29, 1.82) is 0 Å². The second kappa shape index (κ2) is 8.41. The van der Waals surface area contributed by atoms with Gasteiger partial charge in [0.05, 0.1) is 12.7 Å². The fourth-order valence-electron chi connectivity index (χ4n) is 2.08. The maximum Gasteiger partial charge on any atom is 0.416 e. The minimum absolute atomic E-state index is 0.207. The SMILES string of the molecule is COc1ccc(CCNC(=O)COc2ccc(C(F)(F)F)cc2)cc1. The van der Waals surface area contributed by atoms with Crippen LogP contribution in [-0.2, 0) is 17.4 Å². The topological polar surface area (TPSA) is 47.6 Å². The van der Waals surface area contributed by atoms with Crippen molar-refractivity contribution in [2.75, 3.05) is 20.3 Å². The summed E-state index contributed by atoms with van der Waals surface area (Å²) in [4.78, 5) is 11.7. The Morgan fingerprint density at radius 3 is 2.16 bits per heavy atom. The summed E-state index contributed by atoms with van der Waals surface area (Å²) in [6.45, 7) is 0.176. The number of carbonyl (C=O) groups is 1. The monoisotopic (exact) mass is 353 g/mol. The normalized spacial score (nSPS) is 11.0. The Labute approximate surface area is 143 Å². The highest BCUT2D eigenvalue weighted by Gasteiger charge is 2.30. The van der Waals surface area contributed by atoms with Gasteiger partial charge in [-0.2, -0.15) is 13.2 Å². The Morgan fingerprint density at radius 2 is 1.60 bits per heavy atom. The summed E-state index contributed by atoms with van der Waals surface area (Å²) in [7, 11) is 1.59. The van der Waals surface area contributed by atoms with E-state index in [1.54, 1.807) is 7.11 Å². The molecule has 0 fully saturated rings. The van der Waals surface area contributed by atoms with Crippen molar-refractivity contribution in [1.82, 2.24) is 5.32 Å². The van der Waals surface area contributed by atoms with Crippen molar-refractivity contribution in [3.63, 3.8) is 0 Å². The molecule has 0 atom stereocenters. The van der Waals surface area contributed by atoms with Gasteiger partial charge in [-0.25, -0.2) is 0 Å². The smallest absolute Gasteiger partial charge is 0.416 e. The van der Waals surface area contributed by atoms with Gasteiger partial charge >= 0.3 is 6.18 Å². The van der Waals surface area contributed by atoms with Crippen LogP contribution in [0.15, 0.2) is 48.5 Å². The number of methoxy groups -OCH3 is 1. The van der Waals surface area contributed by atoms with Crippen LogP contribution in [0.1, 0.15) is 11.1 Å². The zero-order chi connectivity index (χ0) is 18.3. The van der Waals surface area contributed by atoms with Crippen LogP contribution in [-0.4, -0.2) is 26.2 Å². The highest BCUT2D eigenvalue weighted by Crippen LogP contribution is 2.30. The quantitative estimate of drug-likeness (QED) is 0.829. The van der Waals surface area contributed by atoms with E-state index in [4.69, 9.17) is 9.47 Å². The van der Waals surface area contributed by atoms with E-state index in [1.807, 2.05) is 24.3 Å². The van der Waals surface area contributed by atoms with Crippen molar-refractivity contribution < 1.29 is 27.4 Å². The maximum atomic E-state index is 12.4. The number of benzene rings is 2. The molecule has 0 spiro atoms. The molecule has 0 saturated carbocycles. The largest absolute Gasteiger partial charge is 0.497 e. The number of hydrogen-bond donors (Lipinski definition) is 1. The number of nitrogens with one attached hydrogen (secondary N) is 1. The number of rotatable bonds is 7. The molecule has 0 radical (unpaired) electrons. The number of ether oxygens (including phenoxy) is 2. The Bertz CT molecular complexity index is 682. The lowest BCUT2D eigenvalue weighted by Crippen LogP contribution is -2.30. The van der Waals surface area contributed by atoms with Gasteiger partial charge in [0.2, 0.25) is 0 Å². The Hall–Kier alpha value is -2.70. The molecule has 4 nitrogen and oxygen atoms in total. The first-order valence-electron chi connectivity index (χ1n) is 7.58. The molecule has 25 heavy (non-hydrogen) atoms. The molecule has 2 rings (SSSR count). The summed E-state index contributed by atoms with van der Waals surface area (Å²) in [6, 6.07) is 11.7. The average Bonchev–Trinajstić information content (AvgIpc) is 2.60. The molecule has 0 saturated heterocycles. The van der Waals surface area contributed by atoms with Crippen LogP contribution in [0.5, 0.6) is 11.5 Å². The van der Waals surface area contributed by atoms with Crippen molar-refractivity contribution in [3.05, 3.63) is 59.7 Å². The van der Waals surface area contributed by atoms with Crippen molar-refractivity contribution >= 4 is 5.91 Å². The van der Waals surface area contributed by atoms with Gasteiger partial charge in [-0.15, -0.1) is 0 Å². The first-order valence-corrected chi connectivity index (χ1v) is 7.58. The summed E-state index contributed by atoms with van der Waals surface area (Å²) in [6.07, 6.45) is -3.74. The van der Waals surface area contributed by atoms with Gasteiger partial charge < -0.3 is 14.8 Å². The highest BCUT2D eigenvalue weighted by molar-refractivity contribution is 5.77. The van der Waals surface area contributed by atoms with Crippen molar-refractivity contribution in [2.45, 2.75) is 12.6 Å². The Kier molecular flexibility index (Phi) is 6.27. The molecule has 0 bridgehead atoms. The van der Waals surface area contributed by atoms with Crippen LogP contribution < -0.4 is 14.8 Å². The minimum atomic E-state index is -4.39. The lowest BCUT2D eigenvalue weighted by Gasteiger charge is -2.10. The Morgan fingerprint density at radius 1 is 1.00 bits per heavy atom. The molecule has 1 amide bonds. The van der Waals surface area contributed by atoms with Gasteiger partial charge in [0.25, 0.3) is 5.91 Å². The maximum absolute atomic E-state index is 12.4. The van der Waals surface area contributed by atoms with E-state index in [0.29, 0.717) is 13.0 Å². The molecule has 0 heterocycles. The molecule has 2 aromatic carbocycles. The standard InChI is InChI=1S/C18H18F3NO3/c1-24-15-6-2-13(3-7-15)10-11-22-17(23)12-25-16-8-4-14(5-9-16)18(19,20)21/h2-9H,10-12H2,1H3,(H,22,23). The molecule has 0 aliphatic rings. The zero-order valence-electron chi connectivity index (χ0n) is 13.6. The van der Waals surface area contributed by atoms with Gasteiger partial charge in [0, 0.05) is 6.54 Å². The molecule has 134 valence electrons.